The third kappa shape index (κ3) is 6.33. The summed E-state index contributed by atoms with van der Waals surface area (Å²) in [5, 5.41) is 49.7. The van der Waals surface area contributed by atoms with Crippen LogP contribution in [0.1, 0.15) is 30.9 Å². The van der Waals surface area contributed by atoms with Crippen LogP contribution in [0.4, 0.5) is 0 Å². The van der Waals surface area contributed by atoms with Crippen LogP contribution < -0.4 is 0 Å². The molecule has 214 valence electrons. The Bertz CT molecular complexity index is 1050. The normalized spacial score (nSPS) is 36.9. The molecule has 5 N–H and O–H groups in total. The van der Waals surface area contributed by atoms with Gasteiger partial charge in [-0.15, -0.1) is 6.58 Å². The molecule has 39 heavy (non-hydrogen) atoms. The van der Waals surface area contributed by atoms with Crippen LogP contribution in [0.5, 0.6) is 5.75 Å². The number of phenols is 1. The van der Waals surface area contributed by atoms with E-state index in [9.17, 15) is 35.1 Å². The molecule has 3 aliphatic heterocycles. The number of carbonyl (C=O) groups is 2. The van der Waals surface area contributed by atoms with Crippen LogP contribution in [-0.2, 0) is 33.3 Å². The van der Waals surface area contributed by atoms with Crippen molar-refractivity contribution in [1.82, 2.24) is 0 Å². The summed E-state index contributed by atoms with van der Waals surface area (Å²) in [6.07, 6.45) is -6.67. The van der Waals surface area contributed by atoms with Crippen molar-refractivity contribution in [1.29, 1.82) is 0 Å². The minimum Gasteiger partial charge on any atom is -0.508 e. The summed E-state index contributed by atoms with van der Waals surface area (Å²) in [5.74, 6) is -1.95. The quantitative estimate of drug-likeness (QED) is 0.220. The Morgan fingerprint density at radius 3 is 2.44 bits per heavy atom. The second-order valence-corrected chi connectivity index (χ2v) is 9.84. The number of ether oxygens (including phenoxy) is 5. The van der Waals surface area contributed by atoms with Crippen LogP contribution in [0.3, 0.4) is 0 Å². The molecule has 0 bridgehead atoms. The lowest BCUT2D eigenvalue weighted by molar-refractivity contribution is -0.339. The monoisotopic (exact) mass is 550 g/mol. The van der Waals surface area contributed by atoms with Gasteiger partial charge in [0.2, 0.25) is 6.29 Å². The maximum atomic E-state index is 12.7. The molecule has 0 amide bonds. The zero-order valence-corrected chi connectivity index (χ0v) is 21.4. The lowest BCUT2D eigenvalue weighted by Crippen LogP contribution is -2.60. The zero-order valence-electron chi connectivity index (χ0n) is 21.4. The molecule has 0 radical (unpaired) electrons. The molecule has 1 aromatic rings. The van der Waals surface area contributed by atoms with Gasteiger partial charge >= 0.3 is 5.97 Å². The van der Waals surface area contributed by atoms with Crippen molar-refractivity contribution in [2.45, 2.75) is 68.5 Å². The van der Waals surface area contributed by atoms with E-state index in [-0.39, 0.29) is 36.4 Å². The van der Waals surface area contributed by atoms with E-state index < -0.39 is 73.6 Å². The second-order valence-electron chi connectivity index (χ2n) is 9.84. The lowest BCUT2D eigenvalue weighted by atomic mass is 9.78. The highest BCUT2D eigenvalue weighted by Gasteiger charge is 2.48. The van der Waals surface area contributed by atoms with Crippen molar-refractivity contribution in [3.8, 4) is 5.75 Å². The van der Waals surface area contributed by atoms with Gasteiger partial charge in [-0.25, -0.2) is 4.79 Å². The molecule has 0 aromatic heterocycles. The number of aliphatic hydroxyl groups is 4. The van der Waals surface area contributed by atoms with Crippen molar-refractivity contribution < 1.29 is 58.8 Å². The van der Waals surface area contributed by atoms with Gasteiger partial charge in [-0.3, -0.25) is 4.79 Å². The molecule has 2 fully saturated rings. The maximum absolute atomic E-state index is 12.7. The number of methoxy groups -OCH3 is 1. The molecule has 0 aliphatic carbocycles. The van der Waals surface area contributed by atoms with E-state index in [1.165, 1.54) is 31.6 Å². The molecular weight excluding hydrogens is 516 g/mol. The summed E-state index contributed by atoms with van der Waals surface area (Å²) in [6.45, 7) is 3.22. The molecular formula is C27H34O12. The van der Waals surface area contributed by atoms with E-state index in [0.717, 1.165) is 5.56 Å². The lowest BCUT2D eigenvalue weighted by Gasteiger charge is -2.43. The number of esters is 1. The van der Waals surface area contributed by atoms with Crippen LogP contribution in [0.2, 0.25) is 0 Å². The predicted octanol–water partition coefficient (Wildman–Crippen LogP) is 0.220. The third-order valence-corrected chi connectivity index (χ3v) is 7.32. The van der Waals surface area contributed by atoms with Gasteiger partial charge in [0.15, 0.2) is 6.29 Å². The van der Waals surface area contributed by atoms with Crippen molar-refractivity contribution >= 4 is 11.8 Å². The van der Waals surface area contributed by atoms with Crippen LogP contribution in [0.15, 0.2) is 48.8 Å². The highest BCUT2D eigenvalue weighted by molar-refractivity contribution is 5.89. The molecule has 12 heteroatoms. The fourth-order valence-electron chi connectivity index (χ4n) is 5.21. The molecule has 3 aliphatic rings. The number of hydrogen-bond acceptors (Lipinski definition) is 12. The van der Waals surface area contributed by atoms with E-state index in [2.05, 4.69) is 6.58 Å². The Labute approximate surface area is 225 Å². The molecule has 0 spiro atoms. The first-order chi connectivity index (χ1) is 18.7. The maximum Gasteiger partial charge on any atom is 0.337 e. The summed E-state index contributed by atoms with van der Waals surface area (Å²) in [6, 6.07) is 6.39. The van der Waals surface area contributed by atoms with Crippen LogP contribution >= 0.6 is 0 Å². The average Bonchev–Trinajstić information content (AvgIpc) is 2.93. The number of rotatable bonds is 8. The molecule has 10 atom stereocenters. The number of benzene rings is 1. The molecule has 3 heterocycles. The molecule has 1 aromatic carbocycles. The number of phenolic OH excluding ortho intramolecular Hbond substituents is 1. The minimum atomic E-state index is -1.66. The van der Waals surface area contributed by atoms with Crippen molar-refractivity contribution in [2.24, 2.45) is 11.8 Å². The predicted molar refractivity (Wildman–Crippen MR) is 132 cm³/mol. The highest BCUT2D eigenvalue weighted by Crippen LogP contribution is 2.41. The molecule has 2 saturated heterocycles. The van der Waals surface area contributed by atoms with Crippen LogP contribution in [0, 0.1) is 11.8 Å². The van der Waals surface area contributed by atoms with Gasteiger partial charge in [0.25, 0.3) is 0 Å². The second kappa shape index (κ2) is 12.6. The zero-order chi connectivity index (χ0) is 28.3. The summed E-state index contributed by atoms with van der Waals surface area (Å²) in [7, 11) is 1.22. The number of Topliss-reactive ketones (excluding diaryl/α,β-unsaturated/α-hetero) is 1. The van der Waals surface area contributed by atoms with Gasteiger partial charge in [0.1, 0.15) is 35.9 Å². The van der Waals surface area contributed by atoms with E-state index >= 15 is 0 Å². The van der Waals surface area contributed by atoms with E-state index in [1.807, 2.05) is 0 Å². The Hall–Kier alpha value is -2.84. The average molecular weight is 551 g/mol. The van der Waals surface area contributed by atoms with Gasteiger partial charge in [-0.05, 0) is 24.1 Å². The summed E-state index contributed by atoms with van der Waals surface area (Å²) >= 11 is 0. The summed E-state index contributed by atoms with van der Waals surface area (Å²) in [4.78, 5) is 25.3. The van der Waals surface area contributed by atoms with Gasteiger partial charge in [-0.2, -0.15) is 0 Å². The van der Waals surface area contributed by atoms with Gasteiger partial charge in [-0.1, -0.05) is 18.2 Å². The number of aliphatic hydroxyl groups excluding tert-OH is 4. The standard InChI is InChI=1S/C27H34O12/c1-3-17-18(10-16-8-15(30)9-20(37-16)13-4-6-14(29)7-5-13)19(25(34)35-2)12-36-26(17)39-27-24(33)23(32)22(31)21(11-28)38-27/h3-7,12,16-18,20-24,26-29,31-33H,1,8-11H2,2H3/t16-,17-,18+,20-,21-,22+,23-,24+,26+,27-/m1/s1. The van der Waals surface area contributed by atoms with Gasteiger partial charge in [0, 0.05) is 24.7 Å². The third-order valence-electron chi connectivity index (χ3n) is 7.32. The van der Waals surface area contributed by atoms with E-state index in [1.54, 1.807) is 12.1 Å². The fourth-order valence-corrected chi connectivity index (χ4v) is 5.21. The first kappa shape index (κ1) is 29.2. The van der Waals surface area contributed by atoms with Crippen LogP contribution in [0.25, 0.3) is 0 Å². The van der Waals surface area contributed by atoms with Crippen molar-refractivity contribution in [3.05, 3.63) is 54.3 Å². The largest absolute Gasteiger partial charge is 0.508 e. The van der Waals surface area contributed by atoms with Crippen LogP contribution in [-0.4, -0.2) is 94.1 Å². The Balaban J connectivity index is 1.55. The van der Waals surface area contributed by atoms with E-state index in [0.29, 0.717) is 0 Å². The topological polar surface area (TPSA) is 181 Å². The number of aromatic hydroxyl groups is 1. The fraction of sp³-hybridized carbons (Fsp3) is 0.556. The highest BCUT2D eigenvalue weighted by atomic mass is 16.8. The number of carbonyl (C=O) groups excluding carboxylic acids is 2. The Kier molecular flexibility index (Phi) is 9.39. The number of ketones is 1. The summed E-state index contributed by atoms with van der Waals surface area (Å²) in [5.41, 5.74) is 0.893. The number of hydrogen-bond donors (Lipinski definition) is 5. The molecule has 12 nitrogen and oxygen atoms in total. The van der Waals surface area contributed by atoms with Crippen molar-refractivity contribution in [2.75, 3.05) is 13.7 Å². The molecule has 0 unspecified atom stereocenters. The van der Waals surface area contributed by atoms with E-state index in [4.69, 9.17) is 23.7 Å². The minimum absolute atomic E-state index is 0.0238. The molecule has 0 saturated carbocycles. The first-order valence-corrected chi connectivity index (χ1v) is 12.6. The van der Waals surface area contributed by atoms with Gasteiger partial charge in [0.05, 0.1) is 37.8 Å². The Morgan fingerprint density at radius 2 is 1.79 bits per heavy atom. The smallest absolute Gasteiger partial charge is 0.337 e. The summed E-state index contributed by atoms with van der Waals surface area (Å²) < 4.78 is 28.1. The van der Waals surface area contributed by atoms with Crippen molar-refractivity contribution in [3.63, 3.8) is 0 Å². The first-order valence-electron chi connectivity index (χ1n) is 12.6. The molecule has 4 rings (SSSR count). The van der Waals surface area contributed by atoms with Gasteiger partial charge < -0.3 is 49.2 Å². The Morgan fingerprint density at radius 1 is 1.08 bits per heavy atom. The SMILES string of the molecule is C=C[C@H]1[C@H](O[C@H]2O[C@H](CO)[C@H](O)[C@@H](O)[C@@H]2O)OC=C(C(=O)OC)[C@H]1C[C@H]1CC(=O)C[C@H](c2ccc(O)cc2)O1.